The number of benzene rings is 3. The molecule has 1 saturated heterocycles. The second-order valence-electron chi connectivity index (χ2n) is 7.73. The Morgan fingerprint density at radius 3 is 2.36 bits per heavy atom. The minimum Gasteiger partial charge on any atom is -0.304 e. The molecule has 3 aromatic rings. The summed E-state index contributed by atoms with van der Waals surface area (Å²) < 4.78 is 54.6. The number of rotatable bonds is 3. The Labute approximate surface area is 192 Å². The van der Waals surface area contributed by atoms with Crippen molar-refractivity contribution in [2.45, 2.75) is 11.4 Å². The third-order valence-corrected chi connectivity index (χ3v) is 8.34. The van der Waals surface area contributed by atoms with E-state index in [1.165, 1.54) is 11.0 Å². The number of carbonyl (C=O) groups excluding carboxylic acids is 2. The van der Waals surface area contributed by atoms with E-state index in [1.807, 2.05) is 0 Å². The average molecular weight is 489 g/mol. The lowest BCUT2D eigenvalue weighted by Gasteiger charge is -2.32. The van der Waals surface area contributed by atoms with Crippen molar-refractivity contribution < 1.29 is 26.8 Å². The summed E-state index contributed by atoms with van der Waals surface area (Å²) in [7, 11) is -4.42. The Balaban J connectivity index is 1.75. The SMILES string of the molecule is O=C1CS(=O)(=O)[C@@]2(C(=O)N(Cc3ccccc3Cl)c3ccccc32)N1c1ccc(F)c(F)c1. The lowest BCUT2D eigenvalue weighted by atomic mass is 10.0. The number of hydrogen-bond acceptors (Lipinski definition) is 4. The molecule has 6 nitrogen and oxygen atoms in total. The van der Waals surface area contributed by atoms with Gasteiger partial charge in [0, 0.05) is 22.3 Å². The third kappa shape index (κ3) is 2.92. The summed E-state index contributed by atoms with van der Waals surface area (Å²) in [4.78, 5) is 26.5. The summed E-state index contributed by atoms with van der Waals surface area (Å²) in [5.74, 6) is -5.19. The van der Waals surface area contributed by atoms with Crippen LogP contribution >= 0.6 is 11.6 Å². The zero-order valence-corrected chi connectivity index (χ0v) is 18.4. The summed E-state index contributed by atoms with van der Waals surface area (Å²) in [6, 6.07) is 15.6. The molecule has 2 aliphatic rings. The van der Waals surface area contributed by atoms with Crippen molar-refractivity contribution in [1.29, 1.82) is 0 Å². The van der Waals surface area contributed by atoms with E-state index < -0.39 is 43.9 Å². The van der Waals surface area contributed by atoms with Crippen LogP contribution in [0, 0.1) is 11.6 Å². The van der Waals surface area contributed by atoms with E-state index in [1.54, 1.807) is 42.5 Å². The van der Waals surface area contributed by atoms with Gasteiger partial charge in [-0.1, -0.05) is 48.0 Å². The number of amides is 2. The highest BCUT2D eigenvalue weighted by Gasteiger charge is 2.69. The summed E-state index contributed by atoms with van der Waals surface area (Å²) in [6.45, 7) is -0.0490. The zero-order valence-electron chi connectivity index (χ0n) is 16.8. The van der Waals surface area contributed by atoms with E-state index in [-0.39, 0.29) is 23.5 Å². The highest BCUT2D eigenvalue weighted by Crippen LogP contribution is 2.53. The largest absolute Gasteiger partial charge is 0.304 e. The maximum atomic E-state index is 14.1. The Morgan fingerprint density at radius 2 is 1.64 bits per heavy atom. The van der Waals surface area contributed by atoms with Crippen molar-refractivity contribution in [2.75, 3.05) is 15.6 Å². The molecule has 0 N–H and O–H groups in total. The van der Waals surface area contributed by atoms with E-state index in [0.29, 0.717) is 16.7 Å². The molecule has 0 radical (unpaired) electrons. The van der Waals surface area contributed by atoms with Crippen LogP contribution in [0.15, 0.2) is 66.7 Å². The first-order valence-corrected chi connectivity index (χ1v) is 11.9. The van der Waals surface area contributed by atoms with Gasteiger partial charge in [-0.15, -0.1) is 0 Å². The van der Waals surface area contributed by atoms with Gasteiger partial charge in [-0.05, 0) is 29.8 Å². The molecule has 2 aliphatic heterocycles. The minimum atomic E-state index is -4.42. The smallest absolute Gasteiger partial charge is 0.274 e. The van der Waals surface area contributed by atoms with Gasteiger partial charge >= 0.3 is 0 Å². The third-order valence-electron chi connectivity index (χ3n) is 5.87. The molecule has 1 fully saturated rings. The van der Waals surface area contributed by atoms with Crippen LogP contribution < -0.4 is 9.80 Å². The van der Waals surface area contributed by atoms with Crippen molar-refractivity contribution in [2.24, 2.45) is 0 Å². The molecule has 0 unspecified atom stereocenters. The van der Waals surface area contributed by atoms with Crippen LogP contribution in [-0.4, -0.2) is 26.0 Å². The average Bonchev–Trinajstić information content (AvgIpc) is 3.14. The fourth-order valence-electron chi connectivity index (χ4n) is 4.47. The molecule has 10 heteroatoms. The molecule has 0 aromatic heterocycles. The molecule has 0 aliphatic carbocycles. The van der Waals surface area contributed by atoms with E-state index in [0.717, 1.165) is 17.0 Å². The quantitative estimate of drug-likeness (QED) is 0.562. The highest BCUT2D eigenvalue weighted by atomic mass is 35.5. The van der Waals surface area contributed by atoms with Crippen molar-refractivity contribution in [3.8, 4) is 0 Å². The predicted octanol–water partition coefficient (Wildman–Crippen LogP) is 3.78. The number of sulfone groups is 1. The van der Waals surface area contributed by atoms with E-state index in [2.05, 4.69) is 0 Å². The van der Waals surface area contributed by atoms with Crippen LogP contribution in [0.1, 0.15) is 11.1 Å². The van der Waals surface area contributed by atoms with Gasteiger partial charge in [-0.2, -0.15) is 0 Å². The number of fused-ring (bicyclic) bond motifs is 2. The monoisotopic (exact) mass is 488 g/mol. The van der Waals surface area contributed by atoms with Crippen molar-refractivity contribution in [3.63, 3.8) is 0 Å². The topological polar surface area (TPSA) is 74.8 Å². The summed E-state index contributed by atoms with van der Waals surface area (Å²) in [5, 5.41) is 0.381. The highest BCUT2D eigenvalue weighted by molar-refractivity contribution is 7.94. The lowest BCUT2D eigenvalue weighted by Crippen LogP contribution is -2.54. The van der Waals surface area contributed by atoms with Gasteiger partial charge in [-0.25, -0.2) is 17.2 Å². The number of halogens is 3. The Kier molecular flexibility index (Phi) is 4.80. The van der Waals surface area contributed by atoms with Gasteiger partial charge in [0.15, 0.2) is 21.5 Å². The standard InChI is InChI=1S/C23H15ClF2N2O4S/c24-17-7-3-1-5-14(17)12-27-20-8-4-2-6-16(20)23(22(27)30)28(21(29)13-33(23,31)32)15-9-10-18(25)19(26)11-15/h1-11H,12-13H2/t23-/m0/s1. The Hall–Kier alpha value is -3.30. The van der Waals surface area contributed by atoms with Crippen molar-refractivity contribution in [3.05, 3.63) is 94.5 Å². The van der Waals surface area contributed by atoms with Crippen LogP contribution in [0.2, 0.25) is 5.02 Å². The summed E-state index contributed by atoms with van der Waals surface area (Å²) in [6.07, 6.45) is 0. The minimum absolute atomic E-state index is 0.0490. The summed E-state index contributed by atoms with van der Waals surface area (Å²) >= 11 is 6.27. The molecule has 3 aromatic carbocycles. The molecule has 1 spiro atoms. The van der Waals surface area contributed by atoms with Gasteiger partial charge in [0.2, 0.25) is 5.91 Å². The molecule has 2 heterocycles. The molecule has 33 heavy (non-hydrogen) atoms. The molecule has 1 atom stereocenters. The van der Waals surface area contributed by atoms with Crippen LogP contribution in [0.5, 0.6) is 0 Å². The molecular formula is C23H15ClF2N2O4S. The molecule has 0 bridgehead atoms. The normalized spacial score (nSPS) is 21.2. The number of nitrogens with zero attached hydrogens (tertiary/aromatic N) is 2. The first-order valence-electron chi connectivity index (χ1n) is 9.84. The summed E-state index contributed by atoms with van der Waals surface area (Å²) in [5.41, 5.74) is 0.689. The van der Waals surface area contributed by atoms with E-state index in [9.17, 15) is 26.8 Å². The van der Waals surface area contributed by atoms with Crippen LogP contribution in [0.4, 0.5) is 20.2 Å². The Bertz CT molecular complexity index is 1450. The van der Waals surface area contributed by atoms with Crippen LogP contribution in [0.25, 0.3) is 0 Å². The number of anilines is 2. The van der Waals surface area contributed by atoms with E-state index >= 15 is 0 Å². The number of carbonyl (C=O) groups is 2. The predicted molar refractivity (Wildman–Crippen MR) is 118 cm³/mol. The molecule has 2 amide bonds. The Morgan fingerprint density at radius 1 is 0.939 bits per heavy atom. The van der Waals surface area contributed by atoms with Crippen LogP contribution in [-0.2, 0) is 30.8 Å². The first-order chi connectivity index (χ1) is 15.7. The molecule has 168 valence electrons. The maximum absolute atomic E-state index is 14.1. The van der Waals surface area contributed by atoms with Crippen LogP contribution in [0.3, 0.4) is 0 Å². The van der Waals surface area contributed by atoms with Gasteiger partial charge in [0.05, 0.1) is 12.2 Å². The fourth-order valence-corrected chi connectivity index (χ4v) is 6.70. The first kappa shape index (κ1) is 21.5. The second kappa shape index (κ2) is 7.36. The van der Waals surface area contributed by atoms with Gasteiger partial charge in [0.25, 0.3) is 10.8 Å². The van der Waals surface area contributed by atoms with Crippen molar-refractivity contribution >= 4 is 44.6 Å². The van der Waals surface area contributed by atoms with Gasteiger partial charge < -0.3 is 4.90 Å². The molecule has 0 saturated carbocycles. The number of para-hydroxylation sites is 1. The maximum Gasteiger partial charge on any atom is 0.274 e. The second-order valence-corrected chi connectivity index (χ2v) is 10.2. The van der Waals surface area contributed by atoms with Crippen molar-refractivity contribution in [1.82, 2.24) is 0 Å². The zero-order chi connectivity index (χ0) is 23.5. The van der Waals surface area contributed by atoms with Gasteiger partial charge in [-0.3, -0.25) is 14.5 Å². The molecule has 5 rings (SSSR count). The lowest BCUT2D eigenvalue weighted by molar-refractivity contribution is -0.123. The molecular weight excluding hydrogens is 474 g/mol. The van der Waals surface area contributed by atoms with Gasteiger partial charge in [0.1, 0.15) is 5.75 Å². The fraction of sp³-hybridized carbons (Fsp3) is 0.130. The van der Waals surface area contributed by atoms with E-state index in [4.69, 9.17) is 11.6 Å². The number of hydrogen-bond donors (Lipinski definition) is 0.